The molecule has 0 aliphatic rings. The third kappa shape index (κ3) is 4.71. The number of hydrogen-bond donors (Lipinski definition) is 2. The molecule has 17 heavy (non-hydrogen) atoms. The van der Waals surface area contributed by atoms with Crippen molar-refractivity contribution in [1.29, 1.82) is 0 Å². The van der Waals surface area contributed by atoms with Gasteiger partial charge in [0.1, 0.15) is 0 Å². The average Bonchev–Trinajstić information content (AvgIpc) is 2.34. The van der Waals surface area contributed by atoms with Crippen molar-refractivity contribution in [2.24, 2.45) is 0 Å². The van der Waals surface area contributed by atoms with Crippen LogP contribution in [0.2, 0.25) is 0 Å². The molecular formula is C14H18N2O. The molecule has 0 heterocycles. The largest absolute Gasteiger partial charge is 0.351 e. The van der Waals surface area contributed by atoms with Crippen LogP contribution in [0.3, 0.4) is 0 Å². The third-order valence-electron chi connectivity index (χ3n) is 2.42. The predicted molar refractivity (Wildman–Crippen MR) is 69.8 cm³/mol. The molecule has 0 saturated heterocycles. The van der Waals surface area contributed by atoms with Crippen LogP contribution in [0.15, 0.2) is 24.3 Å². The van der Waals surface area contributed by atoms with Gasteiger partial charge < -0.3 is 10.6 Å². The molecule has 0 fully saturated rings. The highest BCUT2D eigenvalue weighted by atomic mass is 16.1. The molecule has 1 amide bonds. The quantitative estimate of drug-likeness (QED) is 0.592. The normalized spacial score (nSPS) is 11.6. The molecule has 3 nitrogen and oxygen atoms in total. The van der Waals surface area contributed by atoms with E-state index in [1.54, 1.807) is 0 Å². The van der Waals surface area contributed by atoms with E-state index in [1.807, 2.05) is 38.1 Å². The van der Waals surface area contributed by atoms with E-state index >= 15 is 0 Å². The smallest absolute Gasteiger partial charge is 0.251 e. The molecule has 1 aromatic carbocycles. The van der Waals surface area contributed by atoms with Crippen LogP contribution >= 0.6 is 0 Å². The van der Waals surface area contributed by atoms with Crippen molar-refractivity contribution < 1.29 is 4.79 Å². The second-order valence-electron chi connectivity index (χ2n) is 3.96. The van der Waals surface area contributed by atoms with E-state index in [2.05, 4.69) is 16.6 Å². The highest BCUT2D eigenvalue weighted by Crippen LogP contribution is 2.02. The number of amides is 1. The van der Waals surface area contributed by atoms with Crippen molar-refractivity contribution in [3.63, 3.8) is 0 Å². The zero-order chi connectivity index (χ0) is 12.7. The molecule has 0 radical (unpaired) electrons. The maximum absolute atomic E-state index is 11.7. The summed E-state index contributed by atoms with van der Waals surface area (Å²) in [7, 11) is 0. The molecule has 0 saturated carbocycles. The van der Waals surface area contributed by atoms with Crippen LogP contribution in [0.4, 0.5) is 0 Å². The summed E-state index contributed by atoms with van der Waals surface area (Å²) >= 11 is 0. The van der Waals surface area contributed by atoms with E-state index in [4.69, 9.17) is 6.42 Å². The van der Waals surface area contributed by atoms with Gasteiger partial charge in [-0.1, -0.05) is 23.6 Å². The van der Waals surface area contributed by atoms with Crippen LogP contribution in [0.25, 0.3) is 0 Å². The SMILES string of the molecule is C#CC(C)NCCNC(=O)c1ccc(C)cc1. The summed E-state index contributed by atoms with van der Waals surface area (Å²) < 4.78 is 0. The Morgan fingerprint density at radius 2 is 2.00 bits per heavy atom. The van der Waals surface area contributed by atoms with Crippen molar-refractivity contribution in [3.05, 3.63) is 35.4 Å². The number of aryl methyl sites for hydroxylation is 1. The minimum atomic E-state index is -0.0554. The fourth-order valence-corrected chi connectivity index (χ4v) is 1.33. The summed E-state index contributed by atoms with van der Waals surface area (Å²) in [6.45, 7) is 5.14. The summed E-state index contributed by atoms with van der Waals surface area (Å²) in [6.07, 6.45) is 5.22. The van der Waals surface area contributed by atoms with Crippen LogP contribution in [0, 0.1) is 19.3 Å². The zero-order valence-corrected chi connectivity index (χ0v) is 10.3. The lowest BCUT2D eigenvalue weighted by Crippen LogP contribution is -2.35. The molecule has 0 aliphatic carbocycles. The van der Waals surface area contributed by atoms with Crippen LogP contribution in [-0.4, -0.2) is 25.0 Å². The van der Waals surface area contributed by atoms with Gasteiger partial charge in [0.25, 0.3) is 5.91 Å². The Morgan fingerprint density at radius 3 is 2.59 bits per heavy atom. The van der Waals surface area contributed by atoms with Crippen LogP contribution in [-0.2, 0) is 0 Å². The highest BCUT2D eigenvalue weighted by molar-refractivity contribution is 5.94. The second kappa shape index (κ2) is 6.72. The number of carbonyl (C=O) groups excluding carboxylic acids is 1. The van der Waals surface area contributed by atoms with Crippen molar-refractivity contribution in [2.75, 3.05) is 13.1 Å². The van der Waals surface area contributed by atoms with E-state index in [1.165, 1.54) is 0 Å². The first kappa shape index (κ1) is 13.3. The molecule has 1 rings (SSSR count). The average molecular weight is 230 g/mol. The lowest BCUT2D eigenvalue weighted by molar-refractivity contribution is 0.0954. The third-order valence-corrected chi connectivity index (χ3v) is 2.42. The molecule has 0 bridgehead atoms. The Bertz CT molecular complexity index is 403. The lowest BCUT2D eigenvalue weighted by Gasteiger charge is -2.08. The molecule has 1 unspecified atom stereocenters. The molecule has 2 N–H and O–H groups in total. The first-order valence-corrected chi connectivity index (χ1v) is 5.68. The maximum Gasteiger partial charge on any atom is 0.251 e. The number of benzene rings is 1. The zero-order valence-electron chi connectivity index (χ0n) is 10.3. The topological polar surface area (TPSA) is 41.1 Å². The van der Waals surface area contributed by atoms with Crippen molar-refractivity contribution >= 4 is 5.91 Å². The van der Waals surface area contributed by atoms with Crippen LogP contribution < -0.4 is 10.6 Å². The summed E-state index contributed by atoms with van der Waals surface area (Å²) in [5.74, 6) is 2.51. The van der Waals surface area contributed by atoms with Crippen molar-refractivity contribution in [1.82, 2.24) is 10.6 Å². The molecule has 90 valence electrons. The van der Waals surface area contributed by atoms with Crippen LogP contribution in [0.5, 0.6) is 0 Å². The number of rotatable bonds is 5. The molecule has 1 atom stereocenters. The first-order valence-electron chi connectivity index (χ1n) is 5.68. The number of carbonyl (C=O) groups is 1. The van der Waals surface area contributed by atoms with E-state index in [0.717, 1.165) is 5.56 Å². The lowest BCUT2D eigenvalue weighted by atomic mass is 10.1. The Kier molecular flexibility index (Phi) is 5.25. The first-order chi connectivity index (χ1) is 8.13. The van der Waals surface area contributed by atoms with E-state index in [-0.39, 0.29) is 11.9 Å². The Balaban J connectivity index is 2.31. The van der Waals surface area contributed by atoms with Gasteiger partial charge in [0.15, 0.2) is 0 Å². The van der Waals surface area contributed by atoms with Gasteiger partial charge in [-0.3, -0.25) is 4.79 Å². The predicted octanol–water partition coefficient (Wildman–Crippen LogP) is 1.34. The van der Waals surface area contributed by atoms with Crippen molar-refractivity contribution in [3.8, 4) is 12.3 Å². The van der Waals surface area contributed by atoms with E-state index < -0.39 is 0 Å². The number of terminal acetylenes is 1. The molecule has 0 aliphatic heterocycles. The number of hydrogen-bond acceptors (Lipinski definition) is 2. The van der Waals surface area contributed by atoms with Gasteiger partial charge in [0.2, 0.25) is 0 Å². The maximum atomic E-state index is 11.7. The fourth-order valence-electron chi connectivity index (χ4n) is 1.33. The van der Waals surface area contributed by atoms with E-state index in [0.29, 0.717) is 18.7 Å². The van der Waals surface area contributed by atoms with Gasteiger partial charge in [-0.05, 0) is 26.0 Å². The van der Waals surface area contributed by atoms with Gasteiger partial charge in [-0.25, -0.2) is 0 Å². The Morgan fingerprint density at radius 1 is 1.35 bits per heavy atom. The summed E-state index contributed by atoms with van der Waals surface area (Å²) in [6, 6.07) is 7.53. The number of nitrogens with one attached hydrogen (secondary N) is 2. The minimum Gasteiger partial charge on any atom is -0.351 e. The summed E-state index contributed by atoms with van der Waals surface area (Å²) in [5, 5.41) is 5.93. The van der Waals surface area contributed by atoms with Gasteiger partial charge in [-0.2, -0.15) is 0 Å². The molecule has 3 heteroatoms. The minimum absolute atomic E-state index is 0.0336. The Labute approximate surface area is 103 Å². The van der Waals surface area contributed by atoms with E-state index in [9.17, 15) is 4.79 Å². The Hall–Kier alpha value is -1.79. The fraction of sp³-hybridized carbons (Fsp3) is 0.357. The van der Waals surface area contributed by atoms with Gasteiger partial charge in [0, 0.05) is 18.7 Å². The van der Waals surface area contributed by atoms with Gasteiger partial charge in [-0.15, -0.1) is 6.42 Å². The standard InChI is InChI=1S/C14H18N2O/c1-4-12(3)15-9-10-16-14(17)13-7-5-11(2)6-8-13/h1,5-8,12,15H,9-10H2,2-3H3,(H,16,17). The monoisotopic (exact) mass is 230 g/mol. The molecule has 1 aromatic rings. The second-order valence-corrected chi connectivity index (χ2v) is 3.96. The molecule has 0 aromatic heterocycles. The highest BCUT2D eigenvalue weighted by Gasteiger charge is 2.03. The summed E-state index contributed by atoms with van der Waals surface area (Å²) in [5.41, 5.74) is 1.83. The van der Waals surface area contributed by atoms with Gasteiger partial charge >= 0.3 is 0 Å². The van der Waals surface area contributed by atoms with Gasteiger partial charge in [0.05, 0.1) is 6.04 Å². The van der Waals surface area contributed by atoms with Crippen LogP contribution in [0.1, 0.15) is 22.8 Å². The molecular weight excluding hydrogens is 212 g/mol. The van der Waals surface area contributed by atoms with Crippen molar-refractivity contribution in [2.45, 2.75) is 19.9 Å². The summed E-state index contributed by atoms with van der Waals surface area (Å²) in [4.78, 5) is 11.7. The molecule has 0 spiro atoms.